The van der Waals surface area contributed by atoms with Crippen molar-refractivity contribution in [3.8, 4) is 5.75 Å². The van der Waals surface area contributed by atoms with Crippen LogP contribution in [0.3, 0.4) is 0 Å². The number of rotatable bonds is 24. The number of phenolic OH excluding ortho intramolecular Hbond substituents is 1. The lowest BCUT2D eigenvalue weighted by Crippen LogP contribution is -2.27. The maximum atomic E-state index is 11.6. The van der Waals surface area contributed by atoms with Gasteiger partial charge in [-0.1, -0.05) is 144 Å². The predicted octanol–water partition coefficient (Wildman–Crippen LogP) is 14.5. The molecule has 0 unspecified atom stereocenters. The van der Waals surface area contributed by atoms with Crippen LogP contribution in [-0.2, 0) is 62.2 Å². The summed E-state index contributed by atoms with van der Waals surface area (Å²) in [4.78, 5) is 0. The number of hydrogen-bond acceptors (Lipinski definition) is 1. The van der Waals surface area contributed by atoms with Gasteiger partial charge in [-0.3, -0.25) is 0 Å². The molecule has 0 spiro atoms. The molecule has 0 saturated carbocycles. The zero-order valence-electron chi connectivity index (χ0n) is 35.1. The summed E-state index contributed by atoms with van der Waals surface area (Å²) in [6.07, 6.45) is 23.7. The molecule has 284 valence electrons. The van der Waals surface area contributed by atoms with E-state index in [-0.39, 0.29) is 10.8 Å². The fraction of sp³-hybridized carbons (Fsp3) is 0.640. The van der Waals surface area contributed by atoms with Crippen LogP contribution in [0, 0.1) is 0 Å². The molecule has 1 N–H and O–H groups in total. The van der Waals surface area contributed by atoms with E-state index in [0.29, 0.717) is 5.75 Å². The molecule has 0 aliphatic rings. The van der Waals surface area contributed by atoms with Gasteiger partial charge in [0.05, 0.1) is 0 Å². The Bertz CT molecular complexity index is 1470. The average molecular weight is 695 g/mol. The number of hydrogen-bond donors (Lipinski definition) is 1. The third-order valence-electron chi connectivity index (χ3n) is 11.7. The number of benzene rings is 3. The van der Waals surface area contributed by atoms with E-state index >= 15 is 0 Å². The zero-order valence-corrected chi connectivity index (χ0v) is 35.1. The summed E-state index contributed by atoms with van der Waals surface area (Å²) in [5.74, 6) is 0.460. The Balaban J connectivity index is 2.11. The molecule has 0 radical (unpaired) electrons. The van der Waals surface area contributed by atoms with E-state index in [1.54, 1.807) is 33.4 Å². The molecule has 51 heavy (non-hydrogen) atoms. The van der Waals surface area contributed by atoms with Crippen LogP contribution in [-0.4, -0.2) is 5.11 Å². The molecule has 0 bridgehead atoms. The van der Waals surface area contributed by atoms with Gasteiger partial charge < -0.3 is 5.11 Å². The molecule has 0 aliphatic carbocycles. The van der Waals surface area contributed by atoms with Gasteiger partial charge in [0.15, 0.2) is 0 Å². The highest BCUT2D eigenvalue weighted by atomic mass is 16.3. The third-order valence-corrected chi connectivity index (χ3v) is 11.7. The number of unbranched alkanes of at least 4 members (excludes halogenated alkanes) is 6. The molecule has 1 heteroatoms. The Kier molecular flexibility index (Phi) is 17.8. The van der Waals surface area contributed by atoms with Gasteiger partial charge in [0.25, 0.3) is 0 Å². The summed E-state index contributed by atoms with van der Waals surface area (Å²) < 4.78 is 0. The quantitative estimate of drug-likeness (QED) is 0.0989. The fourth-order valence-electron chi connectivity index (χ4n) is 8.66. The van der Waals surface area contributed by atoms with Gasteiger partial charge in [-0.2, -0.15) is 0 Å². The van der Waals surface area contributed by atoms with Crippen molar-refractivity contribution in [2.24, 2.45) is 0 Å². The first-order valence-corrected chi connectivity index (χ1v) is 21.6. The molecule has 0 aliphatic heterocycles. The molecule has 3 aromatic rings. The van der Waals surface area contributed by atoms with E-state index in [4.69, 9.17) is 0 Å². The molecule has 0 amide bonds. The Morgan fingerprint density at radius 1 is 0.392 bits per heavy atom. The fourth-order valence-corrected chi connectivity index (χ4v) is 8.66. The molecule has 0 heterocycles. The highest BCUT2D eigenvalue weighted by Crippen LogP contribution is 2.41. The average Bonchev–Trinajstić information content (AvgIpc) is 3.10. The van der Waals surface area contributed by atoms with E-state index in [2.05, 4.69) is 106 Å². The standard InChI is InChI=1S/C50H78O/c1-11-17-24-38-32-34-46(43(29-21-15-5)41(38)27-19-13-3)49(7,8)36-40-26-23-31-48(51)45(40)37-50(9,10)47-35-33-39(25-18-12-2)42(28-20-14-4)44(47)30-22-16-6/h23,26,31-35,51H,11-22,24-25,27-30,36-37H2,1-10H3. The predicted molar refractivity (Wildman–Crippen MR) is 226 cm³/mol. The lowest BCUT2D eigenvalue weighted by Gasteiger charge is -2.34. The van der Waals surface area contributed by atoms with Gasteiger partial charge in [-0.15, -0.1) is 0 Å². The van der Waals surface area contributed by atoms with Crippen molar-refractivity contribution >= 4 is 0 Å². The second kappa shape index (κ2) is 21.2. The third kappa shape index (κ3) is 11.7. The molecule has 0 saturated heterocycles. The van der Waals surface area contributed by atoms with Crippen molar-refractivity contribution in [1.29, 1.82) is 0 Å². The lowest BCUT2D eigenvalue weighted by atomic mass is 9.70. The number of phenols is 1. The summed E-state index contributed by atoms with van der Waals surface area (Å²) >= 11 is 0. The van der Waals surface area contributed by atoms with E-state index in [9.17, 15) is 5.11 Å². The van der Waals surface area contributed by atoms with Crippen molar-refractivity contribution < 1.29 is 5.11 Å². The second-order valence-corrected chi connectivity index (χ2v) is 17.1. The lowest BCUT2D eigenvalue weighted by molar-refractivity contribution is 0.441. The summed E-state index contributed by atoms with van der Waals surface area (Å²) in [7, 11) is 0. The normalized spacial score (nSPS) is 12.2. The topological polar surface area (TPSA) is 20.2 Å². The first kappa shape index (κ1) is 42.9. The molecular formula is C50H78O. The summed E-state index contributed by atoms with van der Waals surface area (Å²) in [6, 6.07) is 16.2. The number of aryl methyl sites for hydroxylation is 2. The van der Waals surface area contributed by atoms with Crippen LogP contribution >= 0.6 is 0 Å². The summed E-state index contributed by atoms with van der Waals surface area (Å²) in [6.45, 7) is 23.7. The minimum absolute atomic E-state index is 0.0550. The smallest absolute Gasteiger partial charge is 0.119 e. The Morgan fingerprint density at radius 2 is 0.765 bits per heavy atom. The Morgan fingerprint density at radius 3 is 1.18 bits per heavy atom. The summed E-state index contributed by atoms with van der Waals surface area (Å²) in [5.41, 5.74) is 15.0. The molecule has 1 nitrogen and oxygen atoms in total. The Hall–Kier alpha value is -2.54. The highest BCUT2D eigenvalue weighted by Gasteiger charge is 2.31. The molecule has 3 rings (SSSR count). The maximum Gasteiger partial charge on any atom is 0.119 e. The molecule has 0 fully saturated rings. The van der Waals surface area contributed by atoms with Gasteiger partial charge in [0.2, 0.25) is 0 Å². The first-order valence-electron chi connectivity index (χ1n) is 21.6. The highest BCUT2D eigenvalue weighted by molar-refractivity contribution is 5.50. The van der Waals surface area contributed by atoms with Gasteiger partial charge in [-0.05, 0) is 162 Å². The van der Waals surface area contributed by atoms with Crippen LogP contribution in [0.2, 0.25) is 0 Å². The Labute approximate surface area is 316 Å². The van der Waals surface area contributed by atoms with Gasteiger partial charge in [0.1, 0.15) is 5.75 Å². The van der Waals surface area contributed by atoms with E-state index in [1.807, 2.05) is 6.07 Å². The van der Waals surface area contributed by atoms with Crippen molar-refractivity contribution in [3.63, 3.8) is 0 Å². The minimum Gasteiger partial charge on any atom is -0.508 e. The van der Waals surface area contributed by atoms with Crippen molar-refractivity contribution in [3.05, 3.63) is 98.1 Å². The van der Waals surface area contributed by atoms with Crippen molar-refractivity contribution in [2.45, 2.75) is 208 Å². The summed E-state index contributed by atoms with van der Waals surface area (Å²) in [5, 5.41) is 11.6. The number of aromatic hydroxyl groups is 1. The van der Waals surface area contributed by atoms with Crippen LogP contribution in [0.1, 0.15) is 202 Å². The van der Waals surface area contributed by atoms with Crippen molar-refractivity contribution in [1.82, 2.24) is 0 Å². The molecule has 0 aromatic heterocycles. The molecule has 0 atom stereocenters. The molecular weight excluding hydrogens is 617 g/mol. The zero-order chi connectivity index (χ0) is 37.4. The van der Waals surface area contributed by atoms with Gasteiger partial charge in [0, 0.05) is 0 Å². The van der Waals surface area contributed by atoms with E-state index < -0.39 is 0 Å². The van der Waals surface area contributed by atoms with Gasteiger partial charge >= 0.3 is 0 Å². The second-order valence-electron chi connectivity index (χ2n) is 17.1. The van der Waals surface area contributed by atoms with Gasteiger partial charge in [-0.25, -0.2) is 0 Å². The first-order chi connectivity index (χ1) is 24.5. The van der Waals surface area contributed by atoms with Crippen LogP contribution < -0.4 is 0 Å². The van der Waals surface area contributed by atoms with Crippen LogP contribution in [0.15, 0.2) is 42.5 Å². The van der Waals surface area contributed by atoms with Crippen LogP contribution in [0.5, 0.6) is 5.75 Å². The SMILES string of the molecule is CCCCc1ccc(C(C)(C)Cc2cccc(O)c2CC(C)(C)c2ccc(CCCC)c(CCCC)c2CCCC)c(CCCC)c1CCCC. The van der Waals surface area contributed by atoms with E-state index in [0.717, 1.165) is 24.8 Å². The van der Waals surface area contributed by atoms with E-state index in [1.165, 1.54) is 126 Å². The molecule has 3 aromatic carbocycles. The van der Waals surface area contributed by atoms with Crippen LogP contribution in [0.4, 0.5) is 0 Å². The van der Waals surface area contributed by atoms with Crippen LogP contribution in [0.25, 0.3) is 0 Å². The van der Waals surface area contributed by atoms with Crippen molar-refractivity contribution in [2.75, 3.05) is 0 Å². The monoisotopic (exact) mass is 695 g/mol. The maximum absolute atomic E-state index is 11.6. The largest absolute Gasteiger partial charge is 0.508 e. The minimum atomic E-state index is -0.106.